The second kappa shape index (κ2) is 3.89. The van der Waals surface area contributed by atoms with E-state index in [4.69, 9.17) is 5.73 Å². The van der Waals surface area contributed by atoms with Gasteiger partial charge in [-0.2, -0.15) is 5.10 Å². The van der Waals surface area contributed by atoms with Crippen LogP contribution in [0.1, 0.15) is 19.5 Å². The first-order chi connectivity index (χ1) is 6.18. The van der Waals surface area contributed by atoms with Crippen molar-refractivity contribution < 1.29 is 5.11 Å². The minimum Gasteiger partial charge on any atom is -0.395 e. The first-order valence-electron chi connectivity index (χ1n) is 4.51. The first kappa shape index (κ1) is 10.2. The Balaban J connectivity index is 3.03. The second-order valence-corrected chi connectivity index (χ2v) is 3.46. The Morgan fingerprint density at radius 1 is 1.69 bits per heavy atom. The zero-order valence-electron chi connectivity index (χ0n) is 8.20. The molecule has 0 radical (unpaired) electrons. The number of rotatable bonds is 4. The summed E-state index contributed by atoms with van der Waals surface area (Å²) in [6, 6.07) is 1.91. The van der Waals surface area contributed by atoms with Crippen molar-refractivity contribution in [3.63, 3.8) is 0 Å². The van der Waals surface area contributed by atoms with Gasteiger partial charge in [0.1, 0.15) is 0 Å². The molecular weight excluding hydrogens is 166 g/mol. The maximum absolute atomic E-state index is 9.26. The van der Waals surface area contributed by atoms with Crippen molar-refractivity contribution in [3.05, 3.63) is 18.0 Å². The van der Waals surface area contributed by atoms with Crippen LogP contribution in [-0.2, 0) is 12.0 Å². The predicted octanol–water partition coefficient (Wildman–Crippen LogP) is 0.112. The average molecular weight is 183 g/mol. The molecule has 74 valence electrons. The molecule has 1 aromatic rings. The number of hydrogen-bond acceptors (Lipinski definition) is 3. The molecule has 4 heteroatoms. The highest BCUT2D eigenvalue weighted by Crippen LogP contribution is 2.21. The number of nitrogens with zero attached hydrogens (tertiary/aromatic N) is 2. The van der Waals surface area contributed by atoms with Gasteiger partial charge >= 0.3 is 0 Å². The molecule has 3 N–H and O–H groups in total. The average Bonchev–Trinajstić information content (AvgIpc) is 2.65. The van der Waals surface area contributed by atoms with Crippen LogP contribution in [0.15, 0.2) is 12.3 Å². The molecule has 1 atom stereocenters. The van der Waals surface area contributed by atoms with Crippen molar-refractivity contribution >= 4 is 0 Å². The van der Waals surface area contributed by atoms with Gasteiger partial charge in [-0.05, 0) is 13.0 Å². The fourth-order valence-corrected chi connectivity index (χ4v) is 1.35. The lowest BCUT2D eigenvalue weighted by atomic mass is 9.88. The third-order valence-corrected chi connectivity index (χ3v) is 2.43. The molecule has 1 unspecified atom stereocenters. The van der Waals surface area contributed by atoms with E-state index in [9.17, 15) is 5.11 Å². The van der Waals surface area contributed by atoms with Crippen molar-refractivity contribution in [1.29, 1.82) is 0 Å². The fourth-order valence-electron chi connectivity index (χ4n) is 1.35. The van der Waals surface area contributed by atoms with E-state index >= 15 is 0 Å². The molecule has 0 aliphatic rings. The molecule has 0 aliphatic heterocycles. The topological polar surface area (TPSA) is 64.1 Å². The Labute approximate surface area is 78.4 Å². The van der Waals surface area contributed by atoms with Gasteiger partial charge in [-0.3, -0.25) is 4.68 Å². The lowest BCUT2D eigenvalue weighted by Gasteiger charge is -2.25. The molecule has 0 saturated carbocycles. The van der Waals surface area contributed by atoms with E-state index in [1.165, 1.54) is 0 Å². The number of aliphatic hydroxyl groups excluding tert-OH is 1. The Bertz CT molecular complexity index is 266. The van der Waals surface area contributed by atoms with Crippen molar-refractivity contribution in [2.45, 2.75) is 25.8 Å². The first-order valence-corrected chi connectivity index (χ1v) is 4.51. The largest absolute Gasteiger partial charge is 0.395 e. The number of aryl methyl sites for hydroxylation is 1. The summed E-state index contributed by atoms with van der Waals surface area (Å²) in [7, 11) is 0. The van der Waals surface area contributed by atoms with E-state index in [1.54, 1.807) is 6.20 Å². The van der Waals surface area contributed by atoms with Crippen LogP contribution >= 0.6 is 0 Å². The van der Waals surface area contributed by atoms with Crippen LogP contribution in [0.5, 0.6) is 0 Å². The summed E-state index contributed by atoms with van der Waals surface area (Å²) in [5.74, 6) is 0. The van der Waals surface area contributed by atoms with Crippen molar-refractivity contribution in [2.75, 3.05) is 13.2 Å². The van der Waals surface area contributed by atoms with Crippen LogP contribution in [0.4, 0.5) is 0 Å². The van der Waals surface area contributed by atoms with Crippen LogP contribution < -0.4 is 5.73 Å². The molecule has 0 amide bonds. The molecule has 0 saturated heterocycles. The fraction of sp³-hybridized carbons (Fsp3) is 0.667. The zero-order valence-corrected chi connectivity index (χ0v) is 8.20. The summed E-state index contributed by atoms with van der Waals surface area (Å²) in [4.78, 5) is 0. The summed E-state index contributed by atoms with van der Waals surface area (Å²) in [5.41, 5.74) is 6.26. The van der Waals surface area contributed by atoms with Crippen molar-refractivity contribution in [3.8, 4) is 0 Å². The number of aromatic nitrogens is 2. The highest BCUT2D eigenvalue weighted by molar-refractivity contribution is 5.15. The molecule has 1 rings (SSSR count). The van der Waals surface area contributed by atoms with Gasteiger partial charge in [0.15, 0.2) is 0 Å². The highest BCUT2D eigenvalue weighted by atomic mass is 16.3. The normalized spacial score (nSPS) is 15.7. The summed E-state index contributed by atoms with van der Waals surface area (Å²) < 4.78 is 1.86. The number of aliphatic hydroxyl groups is 1. The molecule has 13 heavy (non-hydrogen) atoms. The summed E-state index contributed by atoms with van der Waals surface area (Å²) in [5, 5.41) is 13.4. The van der Waals surface area contributed by atoms with Gasteiger partial charge in [-0.1, -0.05) is 6.92 Å². The van der Waals surface area contributed by atoms with E-state index in [-0.39, 0.29) is 12.0 Å². The van der Waals surface area contributed by atoms with E-state index < -0.39 is 0 Å². The minimum atomic E-state index is -0.369. The summed E-state index contributed by atoms with van der Waals surface area (Å²) >= 11 is 0. The molecule has 1 aromatic heterocycles. The zero-order chi connectivity index (χ0) is 9.90. The quantitative estimate of drug-likeness (QED) is 0.696. The Morgan fingerprint density at radius 2 is 2.38 bits per heavy atom. The standard InChI is InChI=1S/C9H17N3O/c1-3-12-8(4-5-11-12)9(2,6-10)7-13/h4-5,13H,3,6-7,10H2,1-2H3. The Hall–Kier alpha value is -0.870. The van der Waals surface area contributed by atoms with Crippen LogP contribution in [0.2, 0.25) is 0 Å². The molecule has 1 heterocycles. The van der Waals surface area contributed by atoms with E-state index in [0.29, 0.717) is 6.54 Å². The molecule has 0 aliphatic carbocycles. The molecule has 0 spiro atoms. The van der Waals surface area contributed by atoms with Crippen LogP contribution in [-0.4, -0.2) is 28.0 Å². The SMILES string of the molecule is CCn1nccc1C(C)(CN)CO. The van der Waals surface area contributed by atoms with Crippen molar-refractivity contribution in [2.24, 2.45) is 5.73 Å². The predicted molar refractivity (Wildman–Crippen MR) is 51.4 cm³/mol. The molecule has 0 bridgehead atoms. The van der Waals surface area contributed by atoms with Crippen molar-refractivity contribution in [1.82, 2.24) is 9.78 Å². The molecule has 4 nitrogen and oxygen atoms in total. The van der Waals surface area contributed by atoms with E-state index in [2.05, 4.69) is 5.10 Å². The molecular formula is C9H17N3O. The highest BCUT2D eigenvalue weighted by Gasteiger charge is 2.27. The van der Waals surface area contributed by atoms with Crippen LogP contribution in [0.25, 0.3) is 0 Å². The monoisotopic (exact) mass is 183 g/mol. The maximum Gasteiger partial charge on any atom is 0.0552 e. The minimum absolute atomic E-state index is 0.0508. The smallest absolute Gasteiger partial charge is 0.0552 e. The van der Waals surface area contributed by atoms with E-state index in [1.807, 2.05) is 24.6 Å². The summed E-state index contributed by atoms with van der Waals surface area (Å²) in [6.45, 7) is 5.24. The maximum atomic E-state index is 9.26. The van der Waals surface area contributed by atoms with E-state index in [0.717, 1.165) is 12.2 Å². The Morgan fingerprint density at radius 3 is 2.85 bits per heavy atom. The van der Waals surface area contributed by atoms with Gasteiger partial charge in [0, 0.05) is 30.4 Å². The lowest BCUT2D eigenvalue weighted by molar-refractivity contribution is 0.202. The van der Waals surface area contributed by atoms with Crippen LogP contribution in [0, 0.1) is 0 Å². The van der Waals surface area contributed by atoms with Gasteiger partial charge in [-0.15, -0.1) is 0 Å². The second-order valence-electron chi connectivity index (χ2n) is 3.46. The third-order valence-electron chi connectivity index (χ3n) is 2.43. The molecule has 0 aromatic carbocycles. The van der Waals surface area contributed by atoms with Gasteiger partial charge in [0.05, 0.1) is 6.61 Å². The summed E-state index contributed by atoms with van der Waals surface area (Å²) in [6.07, 6.45) is 1.74. The lowest BCUT2D eigenvalue weighted by Crippen LogP contribution is -2.37. The van der Waals surface area contributed by atoms with Gasteiger partial charge in [0.2, 0.25) is 0 Å². The van der Waals surface area contributed by atoms with Gasteiger partial charge < -0.3 is 10.8 Å². The number of hydrogen-bond donors (Lipinski definition) is 2. The number of nitrogens with two attached hydrogens (primary N) is 1. The van der Waals surface area contributed by atoms with Crippen LogP contribution in [0.3, 0.4) is 0 Å². The van der Waals surface area contributed by atoms with Gasteiger partial charge in [-0.25, -0.2) is 0 Å². The molecule has 0 fully saturated rings. The Kier molecular flexibility index (Phi) is 3.06. The third kappa shape index (κ3) is 1.73. The van der Waals surface area contributed by atoms with Gasteiger partial charge in [0.25, 0.3) is 0 Å².